The second-order valence-corrected chi connectivity index (χ2v) is 9.97. The van der Waals surface area contributed by atoms with E-state index in [4.69, 9.17) is 0 Å². The third-order valence-corrected chi connectivity index (χ3v) is 7.81. The molecule has 0 spiro atoms. The Hall–Kier alpha value is -1.39. The maximum absolute atomic E-state index is 13.1. The van der Waals surface area contributed by atoms with Crippen molar-refractivity contribution in [2.24, 2.45) is 17.3 Å². The van der Waals surface area contributed by atoms with Gasteiger partial charge >= 0.3 is 6.03 Å². The number of nitrogens with zero attached hydrogens (tertiary/aromatic N) is 1. The van der Waals surface area contributed by atoms with E-state index in [0.29, 0.717) is 6.42 Å². The molecular weight excluding hydrogens is 352 g/mol. The number of carbonyl (C=O) groups is 3. The Bertz CT molecular complexity index is 571. The molecular formula is C23H38N2O3. The van der Waals surface area contributed by atoms with Crippen LogP contribution in [-0.2, 0) is 9.59 Å². The largest absolute Gasteiger partial charge is 0.324 e. The number of hydrogen-bond donors (Lipinski definition) is 1. The topological polar surface area (TPSA) is 66.5 Å². The average molecular weight is 391 g/mol. The van der Waals surface area contributed by atoms with E-state index >= 15 is 0 Å². The van der Waals surface area contributed by atoms with Gasteiger partial charge in [0.05, 0.1) is 0 Å². The van der Waals surface area contributed by atoms with Gasteiger partial charge in [0.15, 0.2) is 0 Å². The molecule has 0 aliphatic heterocycles. The molecule has 0 aromatic carbocycles. The summed E-state index contributed by atoms with van der Waals surface area (Å²) in [5, 5.41) is 2.72. The van der Waals surface area contributed by atoms with E-state index in [-0.39, 0.29) is 47.1 Å². The van der Waals surface area contributed by atoms with Crippen LogP contribution in [0.3, 0.4) is 0 Å². The van der Waals surface area contributed by atoms with Crippen molar-refractivity contribution in [1.82, 2.24) is 10.2 Å². The first-order chi connectivity index (χ1) is 13.3. The Morgan fingerprint density at radius 3 is 1.82 bits per heavy atom. The fourth-order valence-corrected chi connectivity index (χ4v) is 5.86. The molecule has 0 aromatic rings. The number of urea groups is 1. The van der Waals surface area contributed by atoms with Gasteiger partial charge in [-0.15, -0.1) is 0 Å². The van der Waals surface area contributed by atoms with Crippen LogP contribution in [-0.4, -0.2) is 34.7 Å². The molecule has 3 saturated carbocycles. The summed E-state index contributed by atoms with van der Waals surface area (Å²) in [4.78, 5) is 39.5. The number of imide groups is 1. The number of ketones is 1. The van der Waals surface area contributed by atoms with Gasteiger partial charge in [-0.05, 0) is 50.4 Å². The number of rotatable bonds is 5. The summed E-state index contributed by atoms with van der Waals surface area (Å²) in [6.45, 7) is 5.77. The first kappa shape index (κ1) is 21.3. The average Bonchev–Trinajstić information content (AvgIpc) is 2.66. The maximum Gasteiger partial charge on any atom is 0.324 e. The van der Waals surface area contributed by atoms with E-state index in [2.05, 4.69) is 19.2 Å². The van der Waals surface area contributed by atoms with Crippen molar-refractivity contribution in [1.29, 1.82) is 0 Å². The molecule has 5 nitrogen and oxygen atoms in total. The lowest BCUT2D eigenvalue weighted by Gasteiger charge is -2.51. The zero-order chi connectivity index (χ0) is 20.3. The minimum absolute atomic E-state index is 0.0435. The first-order valence-electron chi connectivity index (χ1n) is 11.4. The highest BCUT2D eigenvalue weighted by Crippen LogP contribution is 2.53. The lowest BCUT2D eigenvalue weighted by molar-refractivity contribution is -0.140. The first-order valence-corrected chi connectivity index (χ1v) is 11.4. The van der Waals surface area contributed by atoms with E-state index in [1.807, 2.05) is 4.90 Å². The quantitative estimate of drug-likeness (QED) is 0.731. The SMILES string of the molecule is CC(=O)C1CC(CC(=O)NC(=O)N(C2CCCCC2)C2CCCCC2)C1(C)C. The zero-order valence-corrected chi connectivity index (χ0v) is 18.0. The van der Waals surface area contributed by atoms with Gasteiger partial charge in [0.25, 0.3) is 0 Å². The van der Waals surface area contributed by atoms with Gasteiger partial charge in [-0.25, -0.2) is 4.79 Å². The van der Waals surface area contributed by atoms with Crippen LogP contribution in [0.15, 0.2) is 0 Å². The van der Waals surface area contributed by atoms with Crippen molar-refractivity contribution < 1.29 is 14.4 Å². The summed E-state index contributed by atoms with van der Waals surface area (Å²) >= 11 is 0. The Morgan fingerprint density at radius 1 is 0.893 bits per heavy atom. The highest BCUT2D eigenvalue weighted by Gasteiger charge is 2.50. The second-order valence-electron chi connectivity index (χ2n) is 9.97. The van der Waals surface area contributed by atoms with Crippen LogP contribution in [0, 0.1) is 17.3 Å². The van der Waals surface area contributed by atoms with Gasteiger partial charge in [0.2, 0.25) is 5.91 Å². The molecule has 0 bridgehead atoms. The highest BCUT2D eigenvalue weighted by atomic mass is 16.2. The predicted octanol–water partition coefficient (Wildman–Crippen LogP) is 4.83. The number of nitrogens with one attached hydrogen (secondary N) is 1. The molecule has 3 rings (SSSR count). The monoisotopic (exact) mass is 390 g/mol. The summed E-state index contributed by atoms with van der Waals surface area (Å²) in [5.74, 6) is 0.245. The summed E-state index contributed by atoms with van der Waals surface area (Å²) in [5.41, 5.74) is -0.154. The maximum atomic E-state index is 13.1. The van der Waals surface area contributed by atoms with Crippen LogP contribution in [0.1, 0.15) is 97.8 Å². The van der Waals surface area contributed by atoms with Gasteiger partial charge < -0.3 is 4.90 Å². The van der Waals surface area contributed by atoms with E-state index in [1.165, 1.54) is 38.5 Å². The van der Waals surface area contributed by atoms with Crippen LogP contribution in [0.25, 0.3) is 0 Å². The van der Waals surface area contributed by atoms with Crippen molar-refractivity contribution in [3.63, 3.8) is 0 Å². The molecule has 0 aromatic heterocycles. The number of amides is 3. The number of Topliss-reactive ketones (excluding diaryl/α,β-unsaturated/α-hetero) is 1. The number of carbonyl (C=O) groups excluding carboxylic acids is 3. The van der Waals surface area contributed by atoms with E-state index in [1.54, 1.807) is 6.92 Å². The predicted molar refractivity (Wildman–Crippen MR) is 110 cm³/mol. The molecule has 2 atom stereocenters. The Labute approximate surface area is 170 Å². The smallest absolute Gasteiger partial charge is 0.319 e. The molecule has 1 N–H and O–H groups in total. The van der Waals surface area contributed by atoms with Crippen LogP contribution < -0.4 is 5.32 Å². The summed E-state index contributed by atoms with van der Waals surface area (Å²) in [6, 6.07) is 0.392. The van der Waals surface area contributed by atoms with Gasteiger partial charge in [0.1, 0.15) is 5.78 Å². The molecule has 2 unspecified atom stereocenters. The van der Waals surface area contributed by atoms with Crippen LogP contribution in [0.4, 0.5) is 4.79 Å². The van der Waals surface area contributed by atoms with Crippen molar-refractivity contribution >= 4 is 17.7 Å². The minimum atomic E-state index is -0.179. The zero-order valence-electron chi connectivity index (χ0n) is 18.0. The minimum Gasteiger partial charge on any atom is -0.319 e. The summed E-state index contributed by atoms with van der Waals surface area (Å²) in [7, 11) is 0. The lowest BCUT2D eigenvalue weighted by atomic mass is 9.52. The third kappa shape index (κ3) is 4.60. The lowest BCUT2D eigenvalue weighted by Crippen LogP contribution is -2.55. The fraction of sp³-hybridized carbons (Fsp3) is 0.870. The van der Waals surface area contributed by atoms with Crippen LogP contribution in [0.5, 0.6) is 0 Å². The molecule has 5 heteroatoms. The fourth-order valence-electron chi connectivity index (χ4n) is 5.86. The van der Waals surface area contributed by atoms with Crippen LogP contribution in [0.2, 0.25) is 0 Å². The molecule has 3 aliphatic rings. The molecule has 3 aliphatic carbocycles. The molecule has 3 fully saturated rings. The molecule has 158 valence electrons. The normalized spacial score (nSPS) is 28.2. The summed E-state index contributed by atoms with van der Waals surface area (Å²) in [6.07, 6.45) is 12.6. The van der Waals surface area contributed by atoms with E-state index in [0.717, 1.165) is 32.1 Å². The third-order valence-electron chi connectivity index (χ3n) is 7.81. The molecule has 3 amide bonds. The molecule has 0 radical (unpaired) electrons. The standard InChI is InChI=1S/C23H38N2O3/c1-16(26)20-14-17(23(20,2)3)15-21(27)24-22(28)25(18-10-6-4-7-11-18)19-12-8-5-9-13-19/h17-20H,4-15H2,1-3H3,(H,24,27,28). The molecule has 28 heavy (non-hydrogen) atoms. The van der Waals surface area contributed by atoms with Crippen molar-refractivity contribution in [2.75, 3.05) is 0 Å². The second kappa shape index (κ2) is 8.96. The van der Waals surface area contributed by atoms with Crippen molar-refractivity contribution in [2.45, 2.75) is 110 Å². The summed E-state index contributed by atoms with van der Waals surface area (Å²) < 4.78 is 0. The molecule has 0 saturated heterocycles. The Kier molecular flexibility index (Phi) is 6.82. The van der Waals surface area contributed by atoms with Crippen LogP contribution >= 0.6 is 0 Å². The van der Waals surface area contributed by atoms with Gasteiger partial charge in [-0.3, -0.25) is 14.9 Å². The van der Waals surface area contributed by atoms with Crippen molar-refractivity contribution in [3.05, 3.63) is 0 Å². The van der Waals surface area contributed by atoms with E-state index < -0.39 is 0 Å². The molecule has 0 heterocycles. The highest BCUT2D eigenvalue weighted by molar-refractivity contribution is 5.95. The van der Waals surface area contributed by atoms with Crippen molar-refractivity contribution in [3.8, 4) is 0 Å². The Balaban J connectivity index is 1.59. The van der Waals surface area contributed by atoms with Gasteiger partial charge in [0, 0.05) is 24.4 Å². The van der Waals surface area contributed by atoms with Gasteiger partial charge in [-0.2, -0.15) is 0 Å². The Morgan fingerprint density at radius 2 is 1.39 bits per heavy atom. The van der Waals surface area contributed by atoms with Gasteiger partial charge in [-0.1, -0.05) is 52.4 Å². The number of hydrogen-bond acceptors (Lipinski definition) is 3. The van der Waals surface area contributed by atoms with E-state index in [9.17, 15) is 14.4 Å².